The Morgan fingerprint density at radius 2 is 2.15 bits per heavy atom. The monoisotopic (exact) mass is 277 g/mol. The van der Waals surface area contributed by atoms with Gasteiger partial charge < -0.3 is 10.4 Å². The van der Waals surface area contributed by atoms with Crippen LogP contribution in [0.5, 0.6) is 0 Å². The standard InChI is InChI=1S/C14H19N3O3/c1-17(10-5-4-8-15-9-10)14(20)16-12-7-3-2-6-11(12)13(18)19/h4-5,8-9,11-12H,2-3,6-7H2,1H3,(H,16,20)(H,18,19). The molecule has 108 valence electrons. The summed E-state index contributed by atoms with van der Waals surface area (Å²) in [6.45, 7) is 0. The zero-order valence-corrected chi connectivity index (χ0v) is 11.5. The number of pyridine rings is 1. The highest BCUT2D eigenvalue weighted by Gasteiger charge is 2.32. The van der Waals surface area contributed by atoms with Gasteiger partial charge in [0, 0.05) is 19.3 Å². The van der Waals surface area contributed by atoms with Crippen LogP contribution in [-0.4, -0.2) is 35.2 Å². The van der Waals surface area contributed by atoms with E-state index in [1.165, 1.54) is 4.90 Å². The molecule has 0 saturated heterocycles. The van der Waals surface area contributed by atoms with Crippen LogP contribution in [0.4, 0.5) is 10.5 Å². The lowest BCUT2D eigenvalue weighted by atomic mass is 9.84. The molecule has 1 fully saturated rings. The highest BCUT2D eigenvalue weighted by Crippen LogP contribution is 2.25. The summed E-state index contributed by atoms with van der Waals surface area (Å²) in [5.41, 5.74) is 0.674. The Morgan fingerprint density at radius 3 is 2.80 bits per heavy atom. The number of urea groups is 1. The van der Waals surface area contributed by atoms with Crippen molar-refractivity contribution < 1.29 is 14.7 Å². The van der Waals surface area contributed by atoms with E-state index in [-0.39, 0.29) is 12.1 Å². The average Bonchev–Trinajstić information content (AvgIpc) is 2.47. The third kappa shape index (κ3) is 3.26. The second kappa shape index (κ2) is 6.36. The van der Waals surface area contributed by atoms with Crippen molar-refractivity contribution in [3.05, 3.63) is 24.5 Å². The molecule has 0 aliphatic heterocycles. The Bertz CT molecular complexity index is 478. The third-order valence-corrected chi connectivity index (χ3v) is 3.73. The summed E-state index contributed by atoms with van der Waals surface area (Å²) in [4.78, 5) is 28.8. The number of hydrogen-bond acceptors (Lipinski definition) is 3. The number of anilines is 1. The summed E-state index contributed by atoms with van der Waals surface area (Å²) in [6.07, 6.45) is 6.42. The predicted molar refractivity (Wildman–Crippen MR) is 74.6 cm³/mol. The van der Waals surface area contributed by atoms with Crippen molar-refractivity contribution in [1.29, 1.82) is 0 Å². The van der Waals surface area contributed by atoms with Crippen molar-refractivity contribution in [1.82, 2.24) is 10.3 Å². The van der Waals surface area contributed by atoms with Gasteiger partial charge in [-0.3, -0.25) is 14.7 Å². The second-order valence-corrected chi connectivity index (χ2v) is 5.06. The van der Waals surface area contributed by atoms with Gasteiger partial charge in [-0.2, -0.15) is 0 Å². The lowest BCUT2D eigenvalue weighted by molar-refractivity contribution is -0.143. The van der Waals surface area contributed by atoms with Gasteiger partial charge in [-0.05, 0) is 25.0 Å². The summed E-state index contributed by atoms with van der Waals surface area (Å²) in [5.74, 6) is -1.32. The highest BCUT2D eigenvalue weighted by molar-refractivity contribution is 5.91. The summed E-state index contributed by atoms with van der Waals surface area (Å²) >= 11 is 0. The van der Waals surface area contributed by atoms with Gasteiger partial charge in [0.15, 0.2) is 0 Å². The lowest BCUT2D eigenvalue weighted by Gasteiger charge is -2.30. The molecule has 1 heterocycles. The number of carbonyl (C=O) groups is 2. The molecule has 1 aromatic rings. The van der Waals surface area contributed by atoms with Gasteiger partial charge in [-0.1, -0.05) is 12.8 Å². The first-order valence-electron chi connectivity index (χ1n) is 6.76. The Hall–Kier alpha value is -2.11. The number of nitrogens with zero attached hydrogens (tertiary/aromatic N) is 2. The van der Waals surface area contributed by atoms with Crippen LogP contribution in [-0.2, 0) is 4.79 Å². The smallest absolute Gasteiger partial charge is 0.321 e. The number of rotatable bonds is 3. The minimum atomic E-state index is -0.834. The zero-order chi connectivity index (χ0) is 14.5. The van der Waals surface area contributed by atoms with Gasteiger partial charge in [0.2, 0.25) is 0 Å². The van der Waals surface area contributed by atoms with E-state index < -0.39 is 11.9 Å². The normalized spacial score (nSPS) is 22.1. The van der Waals surface area contributed by atoms with Crippen LogP contribution in [0.3, 0.4) is 0 Å². The minimum Gasteiger partial charge on any atom is -0.481 e. The van der Waals surface area contributed by atoms with Crippen LogP contribution in [0.2, 0.25) is 0 Å². The van der Waals surface area contributed by atoms with Crippen molar-refractivity contribution >= 4 is 17.7 Å². The van der Waals surface area contributed by atoms with Gasteiger partial charge >= 0.3 is 12.0 Å². The Balaban J connectivity index is 2.01. The molecule has 0 spiro atoms. The second-order valence-electron chi connectivity index (χ2n) is 5.06. The fourth-order valence-electron chi connectivity index (χ4n) is 2.52. The molecule has 6 nitrogen and oxygen atoms in total. The van der Waals surface area contributed by atoms with E-state index in [9.17, 15) is 14.7 Å². The first-order chi connectivity index (χ1) is 9.59. The Kier molecular flexibility index (Phi) is 4.55. The average molecular weight is 277 g/mol. The zero-order valence-electron chi connectivity index (χ0n) is 11.5. The van der Waals surface area contributed by atoms with Crippen LogP contribution in [0.1, 0.15) is 25.7 Å². The van der Waals surface area contributed by atoms with Crippen LogP contribution in [0.25, 0.3) is 0 Å². The molecule has 0 radical (unpaired) electrons. The van der Waals surface area contributed by atoms with Crippen molar-refractivity contribution in [2.75, 3.05) is 11.9 Å². The largest absolute Gasteiger partial charge is 0.481 e. The van der Waals surface area contributed by atoms with E-state index in [1.807, 2.05) is 0 Å². The van der Waals surface area contributed by atoms with E-state index in [2.05, 4.69) is 10.3 Å². The highest BCUT2D eigenvalue weighted by atomic mass is 16.4. The molecular formula is C14H19N3O3. The fourth-order valence-corrected chi connectivity index (χ4v) is 2.52. The number of amides is 2. The molecule has 1 aromatic heterocycles. The van der Waals surface area contributed by atoms with Crippen molar-refractivity contribution in [2.24, 2.45) is 5.92 Å². The molecule has 1 aliphatic rings. The number of aromatic nitrogens is 1. The van der Waals surface area contributed by atoms with Crippen LogP contribution in [0.15, 0.2) is 24.5 Å². The van der Waals surface area contributed by atoms with Crippen LogP contribution < -0.4 is 10.2 Å². The Morgan fingerprint density at radius 1 is 1.40 bits per heavy atom. The van der Waals surface area contributed by atoms with Crippen molar-refractivity contribution in [3.63, 3.8) is 0 Å². The number of nitrogens with one attached hydrogen (secondary N) is 1. The maximum atomic E-state index is 12.2. The topological polar surface area (TPSA) is 82.5 Å². The lowest BCUT2D eigenvalue weighted by Crippen LogP contribution is -2.49. The Labute approximate surface area is 117 Å². The van der Waals surface area contributed by atoms with E-state index in [1.54, 1.807) is 31.6 Å². The quantitative estimate of drug-likeness (QED) is 0.883. The number of carboxylic acid groups (broad SMARTS) is 1. The molecule has 2 amide bonds. The predicted octanol–water partition coefficient (Wildman–Crippen LogP) is 1.87. The van der Waals surface area contributed by atoms with Crippen LogP contribution >= 0.6 is 0 Å². The molecule has 0 aromatic carbocycles. The van der Waals surface area contributed by atoms with E-state index in [0.29, 0.717) is 18.5 Å². The summed E-state index contributed by atoms with van der Waals surface area (Å²) in [6, 6.07) is 2.94. The molecule has 2 rings (SSSR count). The van der Waals surface area contributed by atoms with E-state index >= 15 is 0 Å². The summed E-state index contributed by atoms with van der Waals surface area (Å²) in [5, 5.41) is 12.0. The van der Waals surface area contributed by atoms with E-state index in [4.69, 9.17) is 0 Å². The summed E-state index contributed by atoms with van der Waals surface area (Å²) < 4.78 is 0. The molecular weight excluding hydrogens is 258 g/mol. The van der Waals surface area contributed by atoms with Gasteiger partial charge in [-0.25, -0.2) is 4.79 Å². The molecule has 6 heteroatoms. The van der Waals surface area contributed by atoms with Gasteiger partial charge in [0.05, 0.1) is 17.8 Å². The van der Waals surface area contributed by atoms with E-state index in [0.717, 1.165) is 12.8 Å². The molecule has 20 heavy (non-hydrogen) atoms. The number of hydrogen-bond donors (Lipinski definition) is 2. The summed E-state index contributed by atoms with van der Waals surface area (Å²) in [7, 11) is 1.64. The van der Waals surface area contributed by atoms with Gasteiger partial charge in [0.25, 0.3) is 0 Å². The molecule has 2 atom stereocenters. The minimum absolute atomic E-state index is 0.295. The van der Waals surface area contributed by atoms with Crippen molar-refractivity contribution in [3.8, 4) is 0 Å². The van der Waals surface area contributed by atoms with Crippen molar-refractivity contribution in [2.45, 2.75) is 31.7 Å². The number of aliphatic carboxylic acids is 1. The van der Waals surface area contributed by atoms with Crippen LogP contribution in [0, 0.1) is 5.92 Å². The maximum absolute atomic E-state index is 12.2. The molecule has 2 N–H and O–H groups in total. The third-order valence-electron chi connectivity index (χ3n) is 3.73. The first-order valence-corrected chi connectivity index (χ1v) is 6.76. The number of carboxylic acids is 1. The first kappa shape index (κ1) is 14.3. The van der Waals surface area contributed by atoms with Gasteiger partial charge in [0.1, 0.15) is 0 Å². The molecule has 1 saturated carbocycles. The molecule has 1 aliphatic carbocycles. The molecule has 0 bridgehead atoms. The number of carbonyl (C=O) groups excluding carboxylic acids is 1. The van der Waals surface area contributed by atoms with Gasteiger partial charge in [-0.15, -0.1) is 0 Å². The molecule has 2 unspecified atom stereocenters. The fraction of sp³-hybridized carbons (Fsp3) is 0.500. The maximum Gasteiger partial charge on any atom is 0.321 e. The SMILES string of the molecule is CN(C(=O)NC1CCCCC1C(=O)O)c1cccnc1.